The fourth-order valence-electron chi connectivity index (χ4n) is 1.42. The second-order valence-corrected chi connectivity index (χ2v) is 4.63. The van der Waals surface area contributed by atoms with Crippen molar-refractivity contribution in [1.82, 2.24) is 9.55 Å². The highest BCUT2D eigenvalue weighted by molar-refractivity contribution is 9.10. The van der Waals surface area contributed by atoms with Gasteiger partial charge in [0.15, 0.2) is 0 Å². The summed E-state index contributed by atoms with van der Waals surface area (Å²) in [5.74, 6) is 1.00. The molecule has 0 aliphatic carbocycles. The van der Waals surface area contributed by atoms with E-state index in [1.165, 1.54) is 0 Å². The molecule has 0 aliphatic heterocycles. The molecule has 0 N–H and O–H groups in total. The largest absolute Gasteiger partial charge is 0.331 e. The lowest BCUT2D eigenvalue weighted by molar-refractivity contribution is 0.759. The van der Waals surface area contributed by atoms with Gasteiger partial charge in [-0.1, -0.05) is 27.5 Å². The first-order valence-electron chi connectivity index (χ1n) is 4.58. The van der Waals surface area contributed by atoms with E-state index in [1.807, 2.05) is 31.3 Å². The number of hydrogen-bond acceptors (Lipinski definition) is 1. The van der Waals surface area contributed by atoms with Crippen molar-refractivity contribution in [2.24, 2.45) is 0 Å². The molecule has 0 bridgehead atoms. The van der Waals surface area contributed by atoms with Crippen LogP contribution >= 0.6 is 27.5 Å². The normalized spacial score (nSPS) is 10.6. The molecule has 0 aliphatic rings. The average Bonchev–Trinajstić information content (AvgIpc) is 2.58. The van der Waals surface area contributed by atoms with Crippen molar-refractivity contribution in [3.63, 3.8) is 0 Å². The molecule has 2 aromatic rings. The van der Waals surface area contributed by atoms with Gasteiger partial charge in [0.25, 0.3) is 0 Å². The van der Waals surface area contributed by atoms with Crippen LogP contribution in [-0.2, 0) is 6.54 Å². The summed E-state index contributed by atoms with van der Waals surface area (Å²) in [5, 5.41) is 0.756. The quantitative estimate of drug-likeness (QED) is 0.823. The van der Waals surface area contributed by atoms with Crippen LogP contribution in [0.1, 0.15) is 11.4 Å². The zero-order chi connectivity index (χ0) is 10.8. The Morgan fingerprint density at radius 3 is 2.93 bits per heavy atom. The molecule has 0 saturated carbocycles. The van der Waals surface area contributed by atoms with Crippen LogP contribution in [0.2, 0.25) is 5.02 Å². The van der Waals surface area contributed by atoms with E-state index >= 15 is 0 Å². The van der Waals surface area contributed by atoms with Gasteiger partial charge in [-0.15, -0.1) is 0 Å². The average molecular weight is 286 g/mol. The van der Waals surface area contributed by atoms with Crippen molar-refractivity contribution in [2.45, 2.75) is 13.5 Å². The third-order valence-electron chi connectivity index (χ3n) is 2.27. The molecule has 0 atom stereocenters. The summed E-state index contributed by atoms with van der Waals surface area (Å²) in [6.07, 6.45) is 3.76. The highest BCUT2D eigenvalue weighted by atomic mass is 79.9. The van der Waals surface area contributed by atoms with E-state index in [-0.39, 0.29) is 0 Å². The topological polar surface area (TPSA) is 17.8 Å². The number of aryl methyl sites for hydroxylation is 1. The standard InChI is InChI=1S/C11H10BrClN2/c1-8-14-4-5-15(8)7-9-6-10(13)2-3-11(9)12/h2-6H,7H2,1H3. The van der Waals surface area contributed by atoms with Crippen LogP contribution in [0.3, 0.4) is 0 Å². The van der Waals surface area contributed by atoms with Crippen LogP contribution in [0.25, 0.3) is 0 Å². The number of nitrogens with zero attached hydrogens (tertiary/aromatic N) is 2. The van der Waals surface area contributed by atoms with Crippen molar-refractivity contribution in [3.05, 3.63) is 51.5 Å². The lowest BCUT2D eigenvalue weighted by Gasteiger charge is -2.07. The summed E-state index contributed by atoms with van der Waals surface area (Å²) in [5.41, 5.74) is 1.16. The SMILES string of the molecule is Cc1nccn1Cc1cc(Cl)ccc1Br. The summed E-state index contributed by atoms with van der Waals surface area (Å²) in [6, 6.07) is 5.80. The first kappa shape index (κ1) is 10.7. The van der Waals surface area contributed by atoms with Gasteiger partial charge in [0.1, 0.15) is 5.82 Å². The maximum absolute atomic E-state index is 5.95. The Morgan fingerprint density at radius 2 is 2.27 bits per heavy atom. The minimum atomic E-state index is 0.756. The number of rotatable bonds is 2. The molecule has 4 heteroatoms. The first-order valence-corrected chi connectivity index (χ1v) is 5.75. The Morgan fingerprint density at radius 1 is 1.47 bits per heavy atom. The van der Waals surface area contributed by atoms with E-state index in [4.69, 9.17) is 11.6 Å². The van der Waals surface area contributed by atoms with Crippen LogP contribution in [-0.4, -0.2) is 9.55 Å². The molecule has 0 saturated heterocycles. The number of imidazole rings is 1. The zero-order valence-electron chi connectivity index (χ0n) is 8.24. The van der Waals surface area contributed by atoms with E-state index in [9.17, 15) is 0 Å². The van der Waals surface area contributed by atoms with Crippen molar-refractivity contribution in [1.29, 1.82) is 0 Å². The van der Waals surface area contributed by atoms with Gasteiger partial charge in [0, 0.05) is 28.4 Å². The molecular weight excluding hydrogens is 275 g/mol. The van der Waals surface area contributed by atoms with Crippen molar-refractivity contribution in [3.8, 4) is 0 Å². The predicted octanol–water partition coefficient (Wildman–Crippen LogP) is 3.66. The second-order valence-electron chi connectivity index (χ2n) is 3.34. The molecule has 2 rings (SSSR count). The van der Waals surface area contributed by atoms with Gasteiger partial charge < -0.3 is 4.57 Å². The molecule has 0 spiro atoms. The number of benzene rings is 1. The Balaban J connectivity index is 2.32. The maximum atomic E-state index is 5.95. The lowest BCUT2D eigenvalue weighted by Crippen LogP contribution is -2.01. The monoisotopic (exact) mass is 284 g/mol. The summed E-state index contributed by atoms with van der Waals surface area (Å²) >= 11 is 9.46. The van der Waals surface area contributed by atoms with Gasteiger partial charge in [-0.3, -0.25) is 0 Å². The Hall–Kier alpha value is -0.800. The molecule has 2 nitrogen and oxygen atoms in total. The van der Waals surface area contributed by atoms with E-state index in [0.29, 0.717) is 0 Å². The fourth-order valence-corrected chi connectivity index (χ4v) is 1.99. The molecule has 0 radical (unpaired) electrons. The molecule has 0 amide bonds. The van der Waals surface area contributed by atoms with E-state index in [1.54, 1.807) is 6.20 Å². The Kier molecular flexibility index (Phi) is 3.12. The Bertz CT molecular complexity index is 479. The highest BCUT2D eigenvalue weighted by Gasteiger charge is 2.03. The van der Waals surface area contributed by atoms with Gasteiger partial charge in [-0.25, -0.2) is 4.98 Å². The van der Waals surface area contributed by atoms with Gasteiger partial charge >= 0.3 is 0 Å². The molecule has 1 heterocycles. The summed E-state index contributed by atoms with van der Waals surface area (Å²) < 4.78 is 3.15. The highest BCUT2D eigenvalue weighted by Crippen LogP contribution is 2.22. The fraction of sp³-hybridized carbons (Fsp3) is 0.182. The third-order valence-corrected chi connectivity index (χ3v) is 3.28. The van der Waals surface area contributed by atoms with Gasteiger partial charge in [0.2, 0.25) is 0 Å². The minimum Gasteiger partial charge on any atom is -0.331 e. The summed E-state index contributed by atoms with van der Waals surface area (Å²) in [4.78, 5) is 4.18. The van der Waals surface area contributed by atoms with Crippen molar-refractivity contribution < 1.29 is 0 Å². The van der Waals surface area contributed by atoms with Crippen LogP contribution in [0.4, 0.5) is 0 Å². The minimum absolute atomic E-state index is 0.756. The summed E-state index contributed by atoms with van der Waals surface area (Å²) in [6.45, 7) is 2.77. The number of aromatic nitrogens is 2. The van der Waals surface area contributed by atoms with Crippen molar-refractivity contribution >= 4 is 27.5 Å². The molecule has 1 aromatic carbocycles. The van der Waals surface area contributed by atoms with E-state index in [0.717, 1.165) is 27.4 Å². The number of hydrogen-bond donors (Lipinski definition) is 0. The molecule has 0 unspecified atom stereocenters. The van der Waals surface area contributed by atoms with Gasteiger partial charge in [-0.2, -0.15) is 0 Å². The second kappa shape index (κ2) is 4.37. The maximum Gasteiger partial charge on any atom is 0.105 e. The zero-order valence-corrected chi connectivity index (χ0v) is 10.6. The van der Waals surface area contributed by atoms with E-state index < -0.39 is 0 Å². The molecule has 1 aromatic heterocycles. The van der Waals surface area contributed by atoms with Gasteiger partial charge in [0.05, 0.1) is 0 Å². The van der Waals surface area contributed by atoms with Crippen LogP contribution in [0.15, 0.2) is 35.1 Å². The summed E-state index contributed by atoms with van der Waals surface area (Å²) in [7, 11) is 0. The molecular formula is C11H10BrClN2. The predicted molar refractivity (Wildman–Crippen MR) is 65.2 cm³/mol. The Labute approximate surface area is 102 Å². The van der Waals surface area contributed by atoms with Crippen LogP contribution in [0.5, 0.6) is 0 Å². The van der Waals surface area contributed by atoms with Gasteiger partial charge in [-0.05, 0) is 30.7 Å². The molecule has 15 heavy (non-hydrogen) atoms. The van der Waals surface area contributed by atoms with Crippen LogP contribution < -0.4 is 0 Å². The smallest absolute Gasteiger partial charge is 0.105 e. The first-order chi connectivity index (χ1) is 7.16. The molecule has 0 fully saturated rings. The van der Waals surface area contributed by atoms with E-state index in [2.05, 4.69) is 25.5 Å². The lowest BCUT2D eigenvalue weighted by atomic mass is 10.2. The molecule has 78 valence electrons. The third kappa shape index (κ3) is 2.41. The van der Waals surface area contributed by atoms with Crippen molar-refractivity contribution in [2.75, 3.05) is 0 Å². The number of halogens is 2. The van der Waals surface area contributed by atoms with Crippen LogP contribution in [0, 0.1) is 6.92 Å².